The third-order valence-electron chi connectivity index (χ3n) is 2.65. The first kappa shape index (κ1) is 12.4. The van der Waals surface area contributed by atoms with Crippen LogP contribution in [0.25, 0.3) is 5.69 Å². The van der Waals surface area contributed by atoms with E-state index in [-0.39, 0.29) is 12.0 Å². The smallest absolute Gasteiger partial charge is 0.308 e. The van der Waals surface area contributed by atoms with Gasteiger partial charge in [0.15, 0.2) is 0 Å². The number of carboxylic acid groups (broad SMARTS) is 1. The molecule has 0 saturated carbocycles. The molecular weight excluding hydrogens is 256 g/mol. The Morgan fingerprint density at radius 3 is 2.83 bits per heavy atom. The van der Waals surface area contributed by atoms with Crippen molar-refractivity contribution < 1.29 is 9.90 Å². The topological polar surface area (TPSA) is 75.1 Å². The van der Waals surface area contributed by atoms with Gasteiger partial charge in [0.25, 0.3) is 5.56 Å². The summed E-state index contributed by atoms with van der Waals surface area (Å²) < 4.78 is 1.53. The molecule has 0 bridgehead atoms. The maximum atomic E-state index is 11.7. The molecule has 1 aromatic carbocycles. The van der Waals surface area contributed by atoms with Crippen molar-refractivity contribution in [3.8, 4) is 5.69 Å². The number of nitrogens with one attached hydrogen (secondary N) is 1. The van der Waals surface area contributed by atoms with Crippen molar-refractivity contribution in [2.45, 2.75) is 13.3 Å². The molecule has 0 unspecified atom stereocenters. The molecule has 0 amide bonds. The van der Waals surface area contributed by atoms with Gasteiger partial charge in [-0.25, -0.2) is 0 Å². The normalized spacial score (nSPS) is 10.6. The summed E-state index contributed by atoms with van der Waals surface area (Å²) in [6.07, 6.45) is -0.297. The Morgan fingerprint density at radius 2 is 2.22 bits per heavy atom. The van der Waals surface area contributed by atoms with Crippen molar-refractivity contribution in [2.24, 2.45) is 0 Å². The molecule has 0 aliphatic rings. The summed E-state index contributed by atoms with van der Waals surface area (Å²) in [6, 6.07) is 6.95. The maximum Gasteiger partial charge on any atom is 0.308 e. The van der Waals surface area contributed by atoms with Gasteiger partial charge >= 0.3 is 5.97 Å². The molecule has 0 radical (unpaired) electrons. The molecule has 5 nitrogen and oxygen atoms in total. The van der Waals surface area contributed by atoms with E-state index in [0.717, 1.165) is 0 Å². The molecule has 0 saturated heterocycles. The van der Waals surface area contributed by atoms with Gasteiger partial charge < -0.3 is 5.11 Å². The van der Waals surface area contributed by atoms with E-state index in [2.05, 4.69) is 5.10 Å². The molecule has 0 aliphatic heterocycles. The van der Waals surface area contributed by atoms with Crippen molar-refractivity contribution in [2.75, 3.05) is 0 Å². The summed E-state index contributed by atoms with van der Waals surface area (Å²) in [5, 5.41) is 11.9. The Bertz CT molecular complexity index is 658. The van der Waals surface area contributed by atoms with Gasteiger partial charge in [-0.05, 0) is 25.1 Å². The quantitative estimate of drug-likeness (QED) is 0.889. The van der Waals surface area contributed by atoms with Crippen LogP contribution in [0.5, 0.6) is 0 Å². The zero-order valence-corrected chi connectivity index (χ0v) is 10.4. The van der Waals surface area contributed by atoms with Crippen molar-refractivity contribution >= 4 is 17.6 Å². The number of aliphatic carboxylic acids is 1. The van der Waals surface area contributed by atoms with Gasteiger partial charge in [0.2, 0.25) is 0 Å². The van der Waals surface area contributed by atoms with Crippen LogP contribution in [0.2, 0.25) is 5.02 Å². The number of nitrogens with zero attached hydrogens (tertiary/aromatic N) is 1. The number of hydrogen-bond acceptors (Lipinski definition) is 2. The minimum atomic E-state index is -1.03. The van der Waals surface area contributed by atoms with Gasteiger partial charge in [0.1, 0.15) is 0 Å². The molecule has 0 atom stereocenters. The van der Waals surface area contributed by atoms with E-state index in [1.807, 2.05) is 0 Å². The number of H-pyrrole nitrogens is 1. The van der Waals surface area contributed by atoms with E-state index in [1.165, 1.54) is 4.68 Å². The number of hydrogen-bond donors (Lipinski definition) is 2. The second kappa shape index (κ2) is 4.70. The molecule has 18 heavy (non-hydrogen) atoms. The van der Waals surface area contributed by atoms with Gasteiger partial charge in [-0.3, -0.25) is 19.4 Å². The Balaban J connectivity index is 2.54. The summed E-state index contributed by atoms with van der Waals surface area (Å²) in [7, 11) is 0. The molecule has 0 fully saturated rings. The van der Waals surface area contributed by atoms with Gasteiger partial charge in [0, 0.05) is 10.7 Å². The molecule has 2 N–H and O–H groups in total. The van der Waals surface area contributed by atoms with Crippen LogP contribution < -0.4 is 5.56 Å². The average molecular weight is 267 g/mol. The summed E-state index contributed by atoms with van der Waals surface area (Å²) in [4.78, 5) is 22.4. The van der Waals surface area contributed by atoms with Crippen LogP contribution >= 0.6 is 11.6 Å². The van der Waals surface area contributed by atoms with E-state index in [4.69, 9.17) is 16.7 Å². The van der Waals surface area contributed by atoms with E-state index < -0.39 is 11.5 Å². The number of halogens is 1. The monoisotopic (exact) mass is 266 g/mol. The van der Waals surface area contributed by atoms with Crippen molar-refractivity contribution in [3.63, 3.8) is 0 Å². The highest BCUT2D eigenvalue weighted by Gasteiger charge is 2.14. The van der Waals surface area contributed by atoms with Crippen molar-refractivity contribution in [1.29, 1.82) is 0 Å². The molecule has 0 aliphatic carbocycles. The summed E-state index contributed by atoms with van der Waals surface area (Å²) in [5.41, 5.74) is 1.12. The lowest BCUT2D eigenvalue weighted by molar-refractivity contribution is -0.136. The van der Waals surface area contributed by atoms with Crippen LogP contribution in [0.4, 0.5) is 0 Å². The second-order valence-electron chi connectivity index (χ2n) is 3.89. The largest absolute Gasteiger partial charge is 0.481 e. The molecule has 2 aromatic rings. The number of carbonyl (C=O) groups is 1. The molecule has 1 heterocycles. The lowest BCUT2D eigenvalue weighted by Crippen LogP contribution is -2.11. The molecule has 94 valence electrons. The molecule has 6 heteroatoms. The Morgan fingerprint density at radius 1 is 1.50 bits per heavy atom. The standard InChI is InChI=1S/C12H11ClN2O3/c1-7-10(6-11(16)17)12(18)14-15(7)9-4-2-3-8(13)5-9/h2-5H,6H2,1H3,(H,14,18)(H,16,17). The van der Waals surface area contributed by atoms with Crippen LogP contribution in [-0.2, 0) is 11.2 Å². The fraction of sp³-hybridized carbons (Fsp3) is 0.167. The molecule has 2 rings (SSSR count). The number of aromatic amines is 1. The van der Waals surface area contributed by atoms with E-state index in [9.17, 15) is 9.59 Å². The highest BCUT2D eigenvalue weighted by Crippen LogP contribution is 2.16. The Labute approximate surface area is 108 Å². The minimum absolute atomic E-state index is 0.252. The second-order valence-corrected chi connectivity index (χ2v) is 4.33. The maximum absolute atomic E-state index is 11.7. The lowest BCUT2D eigenvalue weighted by Gasteiger charge is -2.06. The van der Waals surface area contributed by atoms with E-state index in [0.29, 0.717) is 16.4 Å². The van der Waals surface area contributed by atoms with Crippen LogP contribution in [0.1, 0.15) is 11.3 Å². The first-order valence-corrected chi connectivity index (χ1v) is 5.65. The minimum Gasteiger partial charge on any atom is -0.481 e. The predicted octanol–water partition coefficient (Wildman–Crippen LogP) is 1.75. The van der Waals surface area contributed by atoms with Gasteiger partial charge in [-0.15, -0.1) is 0 Å². The van der Waals surface area contributed by atoms with Crippen LogP contribution in [0, 0.1) is 6.92 Å². The predicted molar refractivity (Wildman–Crippen MR) is 67.5 cm³/mol. The Hall–Kier alpha value is -2.01. The van der Waals surface area contributed by atoms with Gasteiger partial charge in [-0.1, -0.05) is 17.7 Å². The van der Waals surface area contributed by atoms with Crippen LogP contribution in [0.15, 0.2) is 29.1 Å². The van der Waals surface area contributed by atoms with Crippen LogP contribution in [-0.4, -0.2) is 20.9 Å². The van der Waals surface area contributed by atoms with Gasteiger partial charge in [-0.2, -0.15) is 0 Å². The van der Waals surface area contributed by atoms with Crippen molar-refractivity contribution in [3.05, 3.63) is 50.9 Å². The fourth-order valence-electron chi connectivity index (χ4n) is 1.78. The van der Waals surface area contributed by atoms with E-state index in [1.54, 1.807) is 31.2 Å². The van der Waals surface area contributed by atoms with Gasteiger partial charge in [0.05, 0.1) is 17.7 Å². The highest BCUT2D eigenvalue weighted by atomic mass is 35.5. The number of aromatic nitrogens is 2. The molecule has 0 spiro atoms. The first-order chi connectivity index (χ1) is 8.49. The first-order valence-electron chi connectivity index (χ1n) is 5.27. The third-order valence-corrected chi connectivity index (χ3v) is 2.89. The number of benzene rings is 1. The zero-order valence-electron chi connectivity index (χ0n) is 9.61. The lowest BCUT2D eigenvalue weighted by atomic mass is 10.2. The summed E-state index contributed by atoms with van der Waals surface area (Å²) in [6.45, 7) is 1.69. The van der Waals surface area contributed by atoms with Crippen LogP contribution in [0.3, 0.4) is 0 Å². The number of carboxylic acids is 1. The van der Waals surface area contributed by atoms with Crippen molar-refractivity contribution in [1.82, 2.24) is 9.78 Å². The highest BCUT2D eigenvalue weighted by molar-refractivity contribution is 6.30. The average Bonchev–Trinajstić information content (AvgIpc) is 2.56. The molecule has 1 aromatic heterocycles. The summed E-state index contributed by atoms with van der Waals surface area (Å²) in [5.74, 6) is -1.03. The zero-order chi connectivity index (χ0) is 13.3. The number of rotatable bonds is 3. The summed E-state index contributed by atoms with van der Waals surface area (Å²) >= 11 is 5.88. The van der Waals surface area contributed by atoms with E-state index >= 15 is 0 Å². The Kier molecular flexibility index (Phi) is 3.25. The fourth-order valence-corrected chi connectivity index (χ4v) is 1.97. The third kappa shape index (κ3) is 2.31. The molecular formula is C12H11ClN2O3. The SMILES string of the molecule is Cc1c(CC(=O)O)c(=O)[nH]n1-c1cccc(Cl)c1.